The number of aliphatic hydroxyl groups is 2. The Morgan fingerprint density at radius 2 is 2.20 bits per heavy atom. The van der Waals surface area contributed by atoms with Gasteiger partial charge in [0, 0.05) is 26.1 Å². The van der Waals surface area contributed by atoms with E-state index in [1.165, 1.54) is 19.3 Å². The number of hydrogen-bond acceptors (Lipinski definition) is 5. The first-order valence-corrected chi connectivity index (χ1v) is 7.89. The summed E-state index contributed by atoms with van der Waals surface area (Å²) in [7, 11) is 0. The summed E-state index contributed by atoms with van der Waals surface area (Å²) >= 11 is 0. The first-order chi connectivity index (χ1) is 9.59. The van der Waals surface area contributed by atoms with Crippen LogP contribution in [0.25, 0.3) is 0 Å². The van der Waals surface area contributed by atoms with Crippen molar-refractivity contribution in [3.63, 3.8) is 0 Å². The zero-order valence-corrected chi connectivity index (χ0v) is 12.5. The minimum atomic E-state index is -0.765. The van der Waals surface area contributed by atoms with Crippen LogP contribution in [-0.4, -0.2) is 60.9 Å². The summed E-state index contributed by atoms with van der Waals surface area (Å²) in [5.74, 6) is 0.597. The second-order valence-electron chi connectivity index (χ2n) is 6.45. The van der Waals surface area contributed by atoms with Gasteiger partial charge < -0.3 is 25.0 Å². The van der Waals surface area contributed by atoms with E-state index in [-0.39, 0.29) is 0 Å². The summed E-state index contributed by atoms with van der Waals surface area (Å²) in [6, 6.07) is 0. The summed E-state index contributed by atoms with van der Waals surface area (Å²) in [5, 5.41) is 23.1. The molecule has 4 unspecified atom stereocenters. The normalized spacial score (nSPS) is 36.1. The van der Waals surface area contributed by atoms with Crippen molar-refractivity contribution >= 4 is 0 Å². The van der Waals surface area contributed by atoms with E-state index in [1.807, 2.05) is 0 Å². The topological polar surface area (TPSA) is 71.0 Å². The fourth-order valence-corrected chi connectivity index (χ4v) is 3.03. The Labute approximate surface area is 121 Å². The molecule has 5 nitrogen and oxygen atoms in total. The average molecular weight is 287 g/mol. The lowest BCUT2D eigenvalue weighted by Gasteiger charge is -2.29. The van der Waals surface area contributed by atoms with Crippen molar-refractivity contribution in [3.8, 4) is 0 Å². The van der Waals surface area contributed by atoms with Gasteiger partial charge in [-0.25, -0.2) is 0 Å². The molecule has 1 heterocycles. The number of rotatable bonds is 7. The number of hydrogen-bond donors (Lipinski definition) is 3. The van der Waals surface area contributed by atoms with Crippen LogP contribution in [0.5, 0.6) is 0 Å². The smallest absolute Gasteiger partial charge is 0.102 e. The van der Waals surface area contributed by atoms with Crippen molar-refractivity contribution in [2.24, 2.45) is 5.92 Å². The van der Waals surface area contributed by atoms with Gasteiger partial charge in [-0.05, 0) is 18.8 Å². The van der Waals surface area contributed by atoms with Crippen LogP contribution in [-0.2, 0) is 9.47 Å². The van der Waals surface area contributed by atoms with E-state index < -0.39 is 11.7 Å². The molecule has 1 aliphatic heterocycles. The predicted octanol–water partition coefficient (Wildman–Crippen LogP) is 0.684. The van der Waals surface area contributed by atoms with E-state index in [4.69, 9.17) is 9.47 Å². The molecular formula is C15H29NO4. The van der Waals surface area contributed by atoms with Crippen molar-refractivity contribution in [3.05, 3.63) is 0 Å². The molecule has 2 aliphatic rings. The monoisotopic (exact) mass is 287 g/mol. The molecule has 2 rings (SSSR count). The third-order valence-electron chi connectivity index (χ3n) is 4.45. The van der Waals surface area contributed by atoms with Gasteiger partial charge in [0.15, 0.2) is 0 Å². The quantitative estimate of drug-likeness (QED) is 0.642. The average Bonchev–Trinajstić information content (AvgIpc) is 2.85. The first kappa shape index (κ1) is 16.2. The number of aliphatic hydroxyl groups excluding tert-OH is 1. The van der Waals surface area contributed by atoms with E-state index >= 15 is 0 Å². The molecule has 3 N–H and O–H groups in total. The van der Waals surface area contributed by atoms with Crippen molar-refractivity contribution < 1.29 is 19.7 Å². The van der Waals surface area contributed by atoms with Crippen LogP contribution in [0.1, 0.15) is 39.0 Å². The minimum Gasteiger partial charge on any atom is -0.389 e. The van der Waals surface area contributed by atoms with Crippen LogP contribution >= 0.6 is 0 Å². The van der Waals surface area contributed by atoms with Gasteiger partial charge in [-0.3, -0.25) is 0 Å². The highest BCUT2D eigenvalue weighted by Gasteiger charge is 2.31. The maximum absolute atomic E-state index is 10.1. The maximum atomic E-state index is 10.1. The molecular weight excluding hydrogens is 258 g/mol. The minimum absolute atomic E-state index is 0.297. The fraction of sp³-hybridized carbons (Fsp3) is 1.00. The third-order valence-corrected chi connectivity index (χ3v) is 4.45. The van der Waals surface area contributed by atoms with Crippen LogP contribution in [0, 0.1) is 5.92 Å². The molecule has 0 spiro atoms. The lowest BCUT2D eigenvalue weighted by atomic mass is 9.88. The SMILES string of the molecule is CC1CCCCC1OCC(O)CNCC1(O)CCOC1. The maximum Gasteiger partial charge on any atom is 0.102 e. The Balaban J connectivity index is 1.57. The lowest BCUT2D eigenvalue weighted by molar-refractivity contribution is -0.0467. The Morgan fingerprint density at radius 1 is 1.40 bits per heavy atom. The number of nitrogens with one attached hydrogen (secondary N) is 1. The van der Waals surface area contributed by atoms with E-state index in [0.717, 1.165) is 6.42 Å². The molecule has 0 radical (unpaired) electrons. The molecule has 0 amide bonds. The molecule has 1 saturated heterocycles. The summed E-state index contributed by atoms with van der Waals surface area (Å²) in [5.41, 5.74) is -0.765. The van der Waals surface area contributed by atoms with Gasteiger partial charge in [0.25, 0.3) is 0 Å². The largest absolute Gasteiger partial charge is 0.389 e. The molecule has 2 fully saturated rings. The van der Waals surface area contributed by atoms with Gasteiger partial charge in [-0.1, -0.05) is 19.8 Å². The van der Waals surface area contributed by atoms with Crippen molar-refractivity contribution in [1.82, 2.24) is 5.32 Å². The molecule has 0 bridgehead atoms. The first-order valence-electron chi connectivity index (χ1n) is 7.89. The fourth-order valence-electron chi connectivity index (χ4n) is 3.03. The molecule has 118 valence electrons. The molecule has 1 saturated carbocycles. The van der Waals surface area contributed by atoms with E-state index in [1.54, 1.807) is 0 Å². The molecule has 20 heavy (non-hydrogen) atoms. The van der Waals surface area contributed by atoms with Gasteiger partial charge in [-0.15, -0.1) is 0 Å². The highest BCUT2D eigenvalue weighted by Crippen LogP contribution is 2.26. The Bertz CT molecular complexity index is 281. The van der Waals surface area contributed by atoms with Gasteiger partial charge in [0.1, 0.15) is 5.60 Å². The third kappa shape index (κ3) is 4.97. The van der Waals surface area contributed by atoms with Crippen molar-refractivity contribution in [2.45, 2.75) is 56.8 Å². The molecule has 1 aliphatic carbocycles. The molecule has 0 aromatic rings. The molecule has 5 heteroatoms. The predicted molar refractivity (Wildman–Crippen MR) is 76.6 cm³/mol. The molecule has 0 aromatic heterocycles. The summed E-state index contributed by atoms with van der Waals surface area (Å²) < 4.78 is 11.0. The van der Waals surface area contributed by atoms with Gasteiger partial charge >= 0.3 is 0 Å². The second kappa shape index (κ2) is 7.71. The second-order valence-corrected chi connectivity index (χ2v) is 6.45. The number of ether oxygens (including phenoxy) is 2. The zero-order chi connectivity index (χ0) is 14.4. The summed E-state index contributed by atoms with van der Waals surface area (Å²) in [6.45, 7) is 4.50. The van der Waals surface area contributed by atoms with Crippen molar-refractivity contribution in [2.75, 3.05) is 32.9 Å². The van der Waals surface area contributed by atoms with Gasteiger partial charge in [0.2, 0.25) is 0 Å². The van der Waals surface area contributed by atoms with E-state index in [9.17, 15) is 10.2 Å². The highest BCUT2D eigenvalue weighted by atomic mass is 16.5. The van der Waals surface area contributed by atoms with E-state index in [2.05, 4.69) is 12.2 Å². The van der Waals surface area contributed by atoms with Crippen LogP contribution in [0.3, 0.4) is 0 Å². The summed E-state index contributed by atoms with van der Waals surface area (Å²) in [6.07, 6.45) is 5.31. The molecule has 0 aromatic carbocycles. The Hall–Kier alpha value is -0.200. The lowest BCUT2D eigenvalue weighted by Crippen LogP contribution is -2.44. The standard InChI is InChI=1S/C15H29NO4/c1-12-4-2-3-5-14(12)20-9-13(17)8-16-10-15(18)6-7-19-11-15/h12-14,16-18H,2-11H2,1H3. The van der Waals surface area contributed by atoms with Gasteiger partial charge in [0.05, 0.1) is 25.4 Å². The molecule has 4 atom stereocenters. The van der Waals surface area contributed by atoms with Gasteiger partial charge in [-0.2, -0.15) is 0 Å². The Morgan fingerprint density at radius 3 is 2.90 bits per heavy atom. The van der Waals surface area contributed by atoms with Crippen LogP contribution < -0.4 is 5.32 Å². The highest BCUT2D eigenvalue weighted by molar-refractivity contribution is 4.85. The zero-order valence-electron chi connectivity index (χ0n) is 12.5. The van der Waals surface area contributed by atoms with Crippen LogP contribution in [0.4, 0.5) is 0 Å². The van der Waals surface area contributed by atoms with Crippen LogP contribution in [0.2, 0.25) is 0 Å². The Kier molecular flexibility index (Phi) is 6.23. The summed E-state index contributed by atoms with van der Waals surface area (Å²) in [4.78, 5) is 0. The van der Waals surface area contributed by atoms with Crippen molar-refractivity contribution in [1.29, 1.82) is 0 Å². The van der Waals surface area contributed by atoms with E-state index in [0.29, 0.717) is 51.4 Å². The van der Waals surface area contributed by atoms with Crippen LogP contribution in [0.15, 0.2) is 0 Å².